The molecule has 0 saturated carbocycles. The monoisotopic (exact) mass is 327 g/mol. The van der Waals surface area contributed by atoms with E-state index in [1.54, 1.807) is 11.3 Å². The lowest BCUT2D eigenvalue weighted by molar-refractivity contribution is 0.157. The number of benzene rings is 1. The van der Waals surface area contributed by atoms with Crippen molar-refractivity contribution in [3.63, 3.8) is 0 Å². The van der Waals surface area contributed by atoms with E-state index in [4.69, 9.17) is 4.52 Å². The number of thiophene rings is 1. The summed E-state index contributed by atoms with van der Waals surface area (Å²) >= 11 is 1.60. The van der Waals surface area contributed by atoms with E-state index >= 15 is 0 Å². The summed E-state index contributed by atoms with van der Waals surface area (Å²) in [6.45, 7) is 0.516. The van der Waals surface area contributed by atoms with E-state index in [1.165, 1.54) is 11.1 Å². The highest BCUT2D eigenvalue weighted by molar-refractivity contribution is 7.08. The molecule has 0 fully saturated rings. The number of fused-ring (bicyclic) bond motifs is 1. The average molecular weight is 327 g/mol. The first-order valence-electron chi connectivity index (χ1n) is 7.60. The van der Waals surface area contributed by atoms with Gasteiger partial charge in [0.1, 0.15) is 0 Å². The Morgan fingerprint density at radius 2 is 2.22 bits per heavy atom. The summed E-state index contributed by atoms with van der Waals surface area (Å²) in [6, 6.07) is 10.2. The molecule has 118 valence electrons. The first-order chi connectivity index (χ1) is 11.3. The number of aliphatic hydroxyl groups excluding tert-OH is 1. The molecular weight excluding hydrogens is 310 g/mol. The minimum Gasteiger partial charge on any atom is -0.394 e. The maximum Gasteiger partial charge on any atom is 0.258 e. The highest BCUT2D eigenvalue weighted by atomic mass is 32.1. The third-order valence-electron chi connectivity index (χ3n) is 4.45. The van der Waals surface area contributed by atoms with Gasteiger partial charge in [-0.3, -0.25) is 5.32 Å². The van der Waals surface area contributed by atoms with Crippen molar-refractivity contribution in [3.8, 4) is 11.5 Å². The molecule has 6 heteroatoms. The van der Waals surface area contributed by atoms with Gasteiger partial charge in [0.25, 0.3) is 5.89 Å². The highest BCUT2D eigenvalue weighted by Crippen LogP contribution is 2.36. The molecule has 1 atom stereocenters. The van der Waals surface area contributed by atoms with Crippen molar-refractivity contribution >= 4 is 11.3 Å². The zero-order chi connectivity index (χ0) is 15.7. The van der Waals surface area contributed by atoms with Crippen molar-refractivity contribution in [1.82, 2.24) is 15.5 Å². The third-order valence-corrected chi connectivity index (χ3v) is 5.13. The van der Waals surface area contributed by atoms with Crippen LogP contribution in [0.25, 0.3) is 11.5 Å². The molecule has 2 heterocycles. The molecule has 1 aliphatic carbocycles. The number of aromatic nitrogens is 2. The lowest BCUT2D eigenvalue weighted by atomic mass is 9.92. The fraction of sp³-hybridized carbons (Fsp3) is 0.294. The number of hydrogen-bond acceptors (Lipinski definition) is 6. The van der Waals surface area contributed by atoms with E-state index in [0.717, 1.165) is 18.4 Å². The lowest BCUT2D eigenvalue weighted by Crippen LogP contribution is -2.43. The van der Waals surface area contributed by atoms with Crippen molar-refractivity contribution < 1.29 is 9.63 Å². The normalized spacial score (nSPS) is 19.9. The molecule has 0 aliphatic heterocycles. The zero-order valence-electron chi connectivity index (χ0n) is 12.5. The smallest absolute Gasteiger partial charge is 0.258 e. The van der Waals surface area contributed by atoms with Crippen LogP contribution in [0.15, 0.2) is 45.6 Å². The van der Waals surface area contributed by atoms with Gasteiger partial charge < -0.3 is 9.63 Å². The van der Waals surface area contributed by atoms with Gasteiger partial charge in [-0.25, -0.2) is 0 Å². The molecule has 0 bridgehead atoms. The average Bonchev–Trinajstić information content (AvgIpc) is 3.32. The van der Waals surface area contributed by atoms with Gasteiger partial charge in [0.05, 0.1) is 24.3 Å². The maximum atomic E-state index is 9.97. The minimum atomic E-state index is -0.417. The van der Waals surface area contributed by atoms with Gasteiger partial charge >= 0.3 is 0 Å². The zero-order valence-corrected chi connectivity index (χ0v) is 13.3. The Morgan fingerprint density at radius 3 is 3.04 bits per heavy atom. The van der Waals surface area contributed by atoms with Gasteiger partial charge in [-0.1, -0.05) is 29.4 Å². The van der Waals surface area contributed by atoms with Crippen LogP contribution in [0.4, 0.5) is 0 Å². The van der Waals surface area contributed by atoms with Crippen LogP contribution in [0, 0.1) is 0 Å². The minimum absolute atomic E-state index is 0.0548. The maximum absolute atomic E-state index is 9.97. The fourth-order valence-corrected chi connectivity index (χ4v) is 3.80. The Hall–Kier alpha value is -2.02. The van der Waals surface area contributed by atoms with Crippen molar-refractivity contribution in [2.24, 2.45) is 0 Å². The third kappa shape index (κ3) is 2.59. The molecular formula is C17H17N3O2S. The van der Waals surface area contributed by atoms with Gasteiger partial charge in [-0.2, -0.15) is 16.3 Å². The quantitative estimate of drug-likeness (QED) is 0.754. The van der Waals surface area contributed by atoms with Gasteiger partial charge in [-0.05, 0) is 35.4 Å². The van der Waals surface area contributed by atoms with Crippen LogP contribution in [0.2, 0.25) is 0 Å². The predicted octanol–water partition coefficient (Wildman–Crippen LogP) is 2.72. The Labute approximate surface area is 138 Å². The summed E-state index contributed by atoms with van der Waals surface area (Å²) in [5.74, 6) is 1.14. The van der Waals surface area contributed by atoms with Gasteiger partial charge in [0.15, 0.2) is 5.82 Å². The molecule has 1 aliphatic rings. The highest BCUT2D eigenvalue weighted by Gasteiger charge is 2.37. The van der Waals surface area contributed by atoms with Crippen molar-refractivity contribution in [1.29, 1.82) is 0 Å². The Morgan fingerprint density at radius 1 is 1.30 bits per heavy atom. The molecule has 4 rings (SSSR count). The molecule has 1 unspecified atom stereocenters. The van der Waals surface area contributed by atoms with E-state index in [-0.39, 0.29) is 6.61 Å². The van der Waals surface area contributed by atoms with Crippen LogP contribution in [-0.4, -0.2) is 21.9 Å². The summed E-state index contributed by atoms with van der Waals surface area (Å²) in [6.07, 6.45) is 1.84. The number of nitrogens with zero attached hydrogens (tertiary/aromatic N) is 2. The molecule has 3 aromatic rings. The first-order valence-corrected chi connectivity index (χ1v) is 8.54. The lowest BCUT2D eigenvalue weighted by Gasteiger charge is -2.29. The van der Waals surface area contributed by atoms with Crippen LogP contribution in [0.5, 0.6) is 0 Å². The number of aryl methyl sites for hydroxylation is 1. The molecule has 5 nitrogen and oxygen atoms in total. The molecule has 2 N–H and O–H groups in total. The van der Waals surface area contributed by atoms with E-state index in [2.05, 4.69) is 27.6 Å². The number of nitrogens with one attached hydrogen (secondary N) is 1. The van der Waals surface area contributed by atoms with Gasteiger partial charge in [-0.15, -0.1) is 0 Å². The Bertz CT molecular complexity index is 800. The summed E-state index contributed by atoms with van der Waals surface area (Å²) in [5.41, 5.74) is 2.99. The molecule has 1 aromatic carbocycles. The van der Waals surface area contributed by atoms with Gasteiger partial charge in [0, 0.05) is 5.38 Å². The topological polar surface area (TPSA) is 71.2 Å². The van der Waals surface area contributed by atoms with Crippen LogP contribution in [0.3, 0.4) is 0 Å². The number of rotatable bonds is 5. The van der Waals surface area contributed by atoms with E-state index < -0.39 is 5.54 Å². The van der Waals surface area contributed by atoms with Crippen molar-refractivity contribution in [2.45, 2.75) is 24.9 Å². The molecule has 0 saturated heterocycles. The SMILES string of the molecule is OCC1(NCc2noc(-c3ccsc3)n2)CCc2ccccc21. The van der Waals surface area contributed by atoms with Crippen molar-refractivity contribution in [3.05, 3.63) is 58.0 Å². The number of aliphatic hydroxyl groups is 1. The molecule has 2 aromatic heterocycles. The van der Waals surface area contributed by atoms with E-state index in [1.807, 2.05) is 29.0 Å². The standard InChI is InChI=1S/C17H17N3O2S/c21-11-17(7-5-12-3-1-2-4-14(12)17)18-9-15-19-16(22-20-15)13-6-8-23-10-13/h1-4,6,8,10,18,21H,5,7,9,11H2. The van der Waals surface area contributed by atoms with Crippen molar-refractivity contribution in [2.75, 3.05) is 6.61 Å². The summed E-state index contributed by atoms with van der Waals surface area (Å²) in [7, 11) is 0. The summed E-state index contributed by atoms with van der Waals surface area (Å²) in [5, 5.41) is 21.4. The van der Waals surface area contributed by atoms with E-state index in [0.29, 0.717) is 18.3 Å². The Balaban J connectivity index is 1.52. The molecule has 0 radical (unpaired) electrons. The van der Waals surface area contributed by atoms with E-state index in [9.17, 15) is 5.11 Å². The number of hydrogen-bond donors (Lipinski definition) is 2. The second-order valence-electron chi connectivity index (χ2n) is 5.78. The molecule has 0 amide bonds. The van der Waals surface area contributed by atoms with Crippen LogP contribution in [-0.2, 0) is 18.5 Å². The predicted molar refractivity (Wildman–Crippen MR) is 88.0 cm³/mol. The van der Waals surface area contributed by atoms with Crippen LogP contribution >= 0.6 is 11.3 Å². The second kappa shape index (κ2) is 5.88. The van der Waals surface area contributed by atoms with Crippen LogP contribution in [0.1, 0.15) is 23.4 Å². The fourth-order valence-electron chi connectivity index (χ4n) is 3.17. The summed E-state index contributed by atoms with van der Waals surface area (Å²) < 4.78 is 5.30. The van der Waals surface area contributed by atoms with Gasteiger partial charge in [0.2, 0.25) is 0 Å². The second-order valence-corrected chi connectivity index (χ2v) is 6.56. The summed E-state index contributed by atoms with van der Waals surface area (Å²) in [4.78, 5) is 4.42. The largest absolute Gasteiger partial charge is 0.394 e. The molecule has 0 spiro atoms. The Kier molecular flexibility index (Phi) is 3.72. The van der Waals surface area contributed by atoms with Crippen LogP contribution < -0.4 is 5.32 Å². The molecule has 23 heavy (non-hydrogen) atoms. The first kappa shape index (κ1) is 14.6.